The Morgan fingerprint density at radius 1 is 1.63 bits per heavy atom. The van der Waals surface area contributed by atoms with Crippen LogP contribution in [-0.2, 0) is 4.74 Å². The van der Waals surface area contributed by atoms with E-state index in [2.05, 4.69) is 15.9 Å². The predicted octanol–water partition coefficient (Wildman–Crippen LogP) is 0.685. The second-order valence-electron chi connectivity index (χ2n) is 4.79. The third-order valence-electron chi connectivity index (χ3n) is 3.58. The van der Waals surface area contributed by atoms with E-state index in [0.717, 1.165) is 5.39 Å². The Morgan fingerprint density at radius 2 is 2.42 bits per heavy atom. The first-order valence-electron chi connectivity index (χ1n) is 5.96. The molecule has 3 rings (SSSR count). The lowest BCUT2D eigenvalue weighted by Gasteiger charge is -2.21. The average Bonchev–Trinajstić information content (AvgIpc) is 2.94. The first-order chi connectivity index (χ1) is 9.05. The van der Waals surface area contributed by atoms with E-state index in [4.69, 9.17) is 16.9 Å². The van der Waals surface area contributed by atoms with E-state index in [-0.39, 0.29) is 6.23 Å². The van der Waals surface area contributed by atoms with Crippen molar-refractivity contribution in [3.63, 3.8) is 0 Å². The van der Waals surface area contributed by atoms with Gasteiger partial charge in [0.25, 0.3) is 0 Å². The van der Waals surface area contributed by atoms with Crippen molar-refractivity contribution in [2.24, 2.45) is 0 Å². The highest BCUT2D eigenvalue weighted by molar-refractivity contribution is 5.86. The molecular formula is C13H14N4O2. The van der Waals surface area contributed by atoms with Crippen molar-refractivity contribution in [1.82, 2.24) is 14.5 Å². The summed E-state index contributed by atoms with van der Waals surface area (Å²) >= 11 is 0. The predicted molar refractivity (Wildman–Crippen MR) is 69.9 cm³/mol. The number of nitrogens with two attached hydrogens (primary N) is 1. The average molecular weight is 258 g/mol. The van der Waals surface area contributed by atoms with Gasteiger partial charge in [0.05, 0.1) is 11.5 Å². The molecule has 0 bridgehead atoms. The summed E-state index contributed by atoms with van der Waals surface area (Å²) in [5, 5.41) is 10.8. The van der Waals surface area contributed by atoms with Gasteiger partial charge < -0.3 is 20.1 Å². The highest BCUT2D eigenvalue weighted by atomic mass is 16.5. The standard InChI is InChI=1S/C13H14N4O2/c1-3-13(2)9(18)6-10(19-13)17-5-4-8-11(14)15-7-16-12(8)17/h1,4-5,7,9-10,18H,6H2,2H3,(H2,14,15,16)/t9-,10+,13+/m0/s1. The molecule has 6 heteroatoms. The van der Waals surface area contributed by atoms with E-state index in [1.54, 1.807) is 6.92 Å². The molecule has 1 aliphatic heterocycles. The highest BCUT2D eigenvalue weighted by Crippen LogP contribution is 2.37. The molecule has 0 aromatic carbocycles. The van der Waals surface area contributed by atoms with Crippen molar-refractivity contribution in [2.45, 2.75) is 31.3 Å². The van der Waals surface area contributed by atoms with Crippen molar-refractivity contribution >= 4 is 16.9 Å². The van der Waals surface area contributed by atoms with E-state index in [1.807, 2.05) is 16.8 Å². The van der Waals surface area contributed by atoms with Crippen LogP contribution in [0.1, 0.15) is 19.6 Å². The number of nitrogen functional groups attached to an aromatic ring is 1. The van der Waals surface area contributed by atoms with Gasteiger partial charge in [-0.1, -0.05) is 5.92 Å². The first kappa shape index (κ1) is 12.0. The number of hydrogen-bond acceptors (Lipinski definition) is 5. The SMILES string of the molecule is C#C[C@@]1(C)O[C@@H](n2ccc3c(N)ncnc32)C[C@@H]1O. The number of aliphatic hydroxyl groups is 1. The van der Waals surface area contributed by atoms with E-state index < -0.39 is 11.7 Å². The lowest BCUT2D eigenvalue weighted by molar-refractivity contribution is -0.0511. The zero-order valence-electron chi connectivity index (χ0n) is 10.4. The Kier molecular flexibility index (Phi) is 2.49. The number of rotatable bonds is 1. The summed E-state index contributed by atoms with van der Waals surface area (Å²) in [5.74, 6) is 2.92. The molecule has 0 amide bonds. The van der Waals surface area contributed by atoms with Gasteiger partial charge in [-0.3, -0.25) is 0 Å². The van der Waals surface area contributed by atoms with Gasteiger partial charge >= 0.3 is 0 Å². The van der Waals surface area contributed by atoms with Gasteiger partial charge in [0.2, 0.25) is 0 Å². The number of aliphatic hydroxyl groups excluding tert-OH is 1. The summed E-state index contributed by atoms with van der Waals surface area (Å²) in [7, 11) is 0. The van der Waals surface area contributed by atoms with Gasteiger partial charge in [0.1, 0.15) is 24.0 Å². The van der Waals surface area contributed by atoms with Crippen molar-refractivity contribution in [2.75, 3.05) is 5.73 Å². The Balaban J connectivity index is 2.04. The summed E-state index contributed by atoms with van der Waals surface area (Å²) < 4.78 is 7.60. The maximum Gasteiger partial charge on any atom is 0.154 e. The van der Waals surface area contributed by atoms with E-state index >= 15 is 0 Å². The number of nitrogens with zero attached hydrogens (tertiary/aromatic N) is 3. The van der Waals surface area contributed by atoms with Gasteiger partial charge in [-0.25, -0.2) is 9.97 Å². The van der Waals surface area contributed by atoms with Crippen LogP contribution in [0.2, 0.25) is 0 Å². The van der Waals surface area contributed by atoms with E-state index in [1.165, 1.54) is 6.33 Å². The lowest BCUT2D eigenvalue weighted by Crippen LogP contribution is -2.33. The van der Waals surface area contributed by atoms with Gasteiger partial charge in [0.15, 0.2) is 5.60 Å². The van der Waals surface area contributed by atoms with Crippen LogP contribution in [0.3, 0.4) is 0 Å². The smallest absolute Gasteiger partial charge is 0.154 e. The molecule has 6 nitrogen and oxygen atoms in total. The molecule has 3 atom stereocenters. The fraction of sp³-hybridized carbons (Fsp3) is 0.385. The molecule has 0 spiro atoms. The van der Waals surface area contributed by atoms with E-state index in [9.17, 15) is 5.11 Å². The van der Waals surface area contributed by atoms with Crippen LogP contribution in [0.4, 0.5) is 5.82 Å². The molecule has 0 unspecified atom stereocenters. The number of terminal acetylenes is 1. The van der Waals surface area contributed by atoms with Crippen molar-refractivity contribution in [3.05, 3.63) is 18.6 Å². The minimum absolute atomic E-state index is 0.358. The Bertz CT molecular complexity index is 675. The number of ether oxygens (including phenoxy) is 1. The second-order valence-corrected chi connectivity index (χ2v) is 4.79. The van der Waals surface area contributed by atoms with Crippen LogP contribution < -0.4 is 5.73 Å². The van der Waals surface area contributed by atoms with Gasteiger partial charge in [0, 0.05) is 12.6 Å². The van der Waals surface area contributed by atoms with Crippen molar-refractivity contribution < 1.29 is 9.84 Å². The van der Waals surface area contributed by atoms with Crippen molar-refractivity contribution in [3.8, 4) is 12.3 Å². The van der Waals surface area contributed by atoms with Crippen LogP contribution in [0.25, 0.3) is 11.0 Å². The summed E-state index contributed by atoms with van der Waals surface area (Å²) in [6.07, 6.45) is 7.98. The van der Waals surface area contributed by atoms with Gasteiger partial charge in [-0.2, -0.15) is 0 Å². The molecule has 1 saturated heterocycles. The molecule has 1 aliphatic rings. The molecule has 3 heterocycles. The molecule has 2 aromatic heterocycles. The van der Waals surface area contributed by atoms with Gasteiger partial charge in [-0.05, 0) is 13.0 Å². The minimum atomic E-state index is -0.972. The normalized spacial score (nSPS) is 30.6. The second kappa shape index (κ2) is 3.95. The van der Waals surface area contributed by atoms with Crippen LogP contribution >= 0.6 is 0 Å². The monoisotopic (exact) mass is 258 g/mol. The summed E-state index contributed by atoms with van der Waals surface area (Å²) in [6.45, 7) is 1.70. The zero-order chi connectivity index (χ0) is 13.6. The molecule has 0 radical (unpaired) electrons. The molecule has 0 saturated carbocycles. The Morgan fingerprint density at radius 3 is 3.11 bits per heavy atom. The summed E-state index contributed by atoms with van der Waals surface area (Å²) in [5.41, 5.74) is 5.49. The maximum absolute atomic E-state index is 10.0. The maximum atomic E-state index is 10.0. The highest BCUT2D eigenvalue weighted by Gasteiger charge is 2.44. The third kappa shape index (κ3) is 1.67. The van der Waals surface area contributed by atoms with Crippen LogP contribution in [0.15, 0.2) is 18.6 Å². The first-order valence-corrected chi connectivity index (χ1v) is 5.96. The molecule has 19 heavy (non-hydrogen) atoms. The van der Waals surface area contributed by atoms with Crippen molar-refractivity contribution in [1.29, 1.82) is 0 Å². The number of fused-ring (bicyclic) bond motifs is 1. The fourth-order valence-electron chi connectivity index (χ4n) is 2.35. The third-order valence-corrected chi connectivity index (χ3v) is 3.58. The van der Waals surface area contributed by atoms with Crippen LogP contribution in [0.5, 0.6) is 0 Å². The minimum Gasteiger partial charge on any atom is -0.389 e. The number of aromatic nitrogens is 3. The Hall–Kier alpha value is -2.10. The molecule has 2 aromatic rings. The van der Waals surface area contributed by atoms with Crippen LogP contribution in [-0.4, -0.2) is 31.3 Å². The Labute approximate surface area is 110 Å². The molecule has 1 fully saturated rings. The number of hydrogen-bond donors (Lipinski definition) is 2. The number of anilines is 1. The van der Waals surface area contributed by atoms with Crippen LogP contribution in [0, 0.1) is 12.3 Å². The zero-order valence-corrected chi connectivity index (χ0v) is 10.4. The summed E-state index contributed by atoms with van der Waals surface area (Å²) in [6, 6.07) is 1.83. The van der Waals surface area contributed by atoms with E-state index in [0.29, 0.717) is 17.9 Å². The summed E-state index contributed by atoms with van der Waals surface area (Å²) in [4.78, 5) is 8.14. The van der Waals surface area contributed by atoms with Gasteiger partial charge in [-0.15, -0.1) is 6.42 Å². The molecular weight excluding hydrogens is 244 g/mol. The molecule has 98 valence electrons. The topological polar surface area (TPSA) is 86.2 Å². The largest absolute Gasteiger partial charge is 0.389 e. The fourth-order valence-corrected chi connectivity index (χ4v) is 2.35. The molecule has 3 N–H and O–H groups in total. The quantitative estimate of drug-likeness (QED) is 0.735. The molecule has 0 aliphatic carbocycles. The lowest BCUT2D eigenvalue weighted by atomic mass is 10.0.